The average Bonchev–Trinajstić information content (AvgIpc) is 2.95. The van der Waals surface area contributed by atoms with Gasteiger partial charge in [0.15, 0.2) is 5.13 Å². The predicted octanol–water partition coefficient (Wildman–Crippen LogP) is 6.02. The first kappa shape index (κ1) is 16.3. The van der Waals surface area contributed by atoms with E-state index < -0.39 is 0 Å². The summed E-state index contributed by atoms with van der Waals surface area (Å²) in [5.41, 5.74) is 1.86. The van der Waals surface area contributed by atoms with Crippen molar-refractivity contribution in [3.8, 4) is 11.3 Å². The van der Waals surface area contributed by atoms with E-state index in [4.69, 9.17) is 34.8 Å². The maximum absolute atomic E-state index is 12.3. The molecule has 3 rings (SSSR count). The van der Waals surface area contributed by atoms with Gasteiger partial charge >= 0.3 is 0 Å². The minimum Gasteiger partial charge on any atom is -0.298 e. The normalized spacial score (nSPS) is 10.6. The highest BCUT2D eigenvalue weighted by Crippen LogP contribution is 2.30. The summed E-state index contributed by atoms with van der Waals surface area (Å²) in [4.78, 5) is 16.6. The summed E-state index contributed by atoms with van der Waals surface area (Å²) in [5, 5.41) is 6.40. The van der Waals surface area contributed by atoms with Crippen LogP contribution in [0.5, 0.6) is 0 Å². The molecule has 1 aromatic heterocycles. The number of rotatable bonds is 3. The van der Waals surface area contributed by atoms with Crippen LogP contribution in [0.3, 0.4) is 0 Å². The molecule has 0 radical (unpaired) electrons. The summed E-state index contributed by atoms with van der Waals surface area (Å²) < 4.78 is 0. The van der Waals surface area contributed by atoms with E-state index in [1.165, 1.54) is 17.4 Å². The van der Waals surface area contributed by atoms with Crippen LogP contribution in [0.15, 0.2) is 47.8 Å². The molecule has 7 heteroatoms. The Bertz CT molecular complexity index is 879. The molecule has 0 aliphatic heterocycles. The van der Waals surface area contributed by atoms with Crippen LogP contribution in [0, 0.1) is 0 Å². The molecule has 0 unspecified atom stereocenters. The Hall–Kier alpha value is -1.59. The number of nitrogens with one attached hydrogen (secondary N) is 1. The molecule has 1 amide bonds. The Balaban J connectivity index is 1.82. The lowest BCUT2D eigenvalue weighted by Gasteiger charge is -2.04. The molecule has 116 valence electrons. The highest BCUT2D eigenvalue weighted by atomic mass is 35.5. The summed E-state index contributed by atoms with van der Waals surface area (Å²) in [5.74, 6) is -0.341. The van der Waals surface area contributed by atoms with Gasteiger partial charge in [-0.2, -0.15) is 0 Å². The van der Waals surface area contributed by atoms with Gasteiger partial charge in [-0.15, -0.1) is 11.3 Å². The molecule has 0 atom stereocenters. The van der Waals surface area contributed by atoms with Gasteiger partial charge in [0, 0.05) is 21.0 Å². The Morgan fingerprint density at radius 3 is 2.57 bits per heavy atom. The van der Waals surface area contributed by atoms with Gasteiger partial charge in [0.05, 0.1) is 16.3 Å². The second kappa shape index (κ2) is 6.89. The van der Waals surface area contributed by atoms with Crippen molar-refractivity contribution in [3.63, 3.8) is 0 Å². The lowest BCUT2D eigenvalue weighted by atomic mass is 10.2. The van der Waals surface area contributed by atoms with Crippen LogP contribution in [0.25, 0.3) is 11.3 Å². The standard InChI is InChI=1S/C16H9Cl3N2OS/c17-9-5-6-11(13(19)7-9)15(22)21-16-20-14(8-23-16)10-3-1-2-4-12(10)18/h1-8H,(H,20,21,22). The molecule has 0 bridgehead atoms. The molecule has 0 saturated carbocycles. The SMILES string of the molecule is O=C(Nc1nc(-c2ccccc2Cl)cs1)c1ccc(Cl)cc1Cl. The van der Waals surface area contributed by atoms with E-state index in [0.717, 1.165) is 5.56 Å². The van der Waals surface area contributed by atoms with E-state index in [0.29, 0.717) is 26.4 Å². The molecule has 0 spiro atoms. The fourth-order valence-electron chi connectivity index (χ4n) is 1.96. The minimum absolute atomic E-state index is 0.290. The maximum Gasteiger partial charge on any atom is 0.258 e. The third-order valence-corrected chi connectivity index (χ3v) is 4.69. The highest BCUT2D eigenvalue weighted by Gasteiger charge is 2.14. The number of anilines is 1. The first-order valence-electron chi connectivity index (χ1n) is 6.51. The van der Waals surface area contributed by atoms with Crippen molar-refractivity contribution < 1.29 is 4.79 Å². The van der Waals surface area contributed by atoms with Crippen molar-refractivity contribution in [2.75, 3.05) is 5.32 Å². The number of halogens is 3. The fourth-order valence-corrected chi connectivity index (χ4v) is 3.39. The van der Waals surface area contributed by atoms with Crippen LogP contribution in [0.4, 0.5) is 5.13 Å². The van der Waals surface area contributed by atoms with Gasteiger partial charge in [-0.1, -0.05) is 53.0 Å². The van der Waals surface area contributed by atoms with Gasteiger partial charge < -0.3 is 0 Å². The summed E-state index contributed by atoms with van der Waals surface area (Å²) >= 11 is 19.3. The number of benzene rings is 2. The molecule has 1 heterocycles. The molecular formula is C16H9Cl3N2OS. The molecule has 0 aliphatic carbocycles. The van der Waals surface area contributed by atoms with Gasteiger partial charge in [-0.3, -0.25) is 10.1 Å². The van der Waals surface area contributed by atoms with E-state index in [1.807, 2.05) is 23.6 Å². The van der Waals surface area contributed by atoms with Gasteiger partial charge in [-0.05, 0) is 24.3 Å². The van der Waals surface area contributed by atoms with Gasteiger partial charge in [0.25, 0.3) is 5.91 Å². The lowest BCUT2D eigenvalue weighted by Crippen LogP contribution is -2.12. The van der Waals surface area contributed by atoms with Crippen molar-refractivity contribution >= 4 is 57.2 Å². The van der Waals surface area contributed by atoms with Crippen molar-refractivity contribution in [2.45, 2.75) is 0 Å². The molecule has 3 aromatic rings. The smallest absolute Gasteiger partial charge is 0.258 e. The number of carbonyl (C=O) groups is 1. The Kier molecular flexibility index (Phi) is 4.87. The number of carbonyl (C=O) groups excluding carboxylic acids is 1. The van der Waals surface area contributed by atoms with Crippen molar-refractivity contribution in [1.29, 1.82) is 0 Å². The topological polar surface area (TPSA) is 42.0 Å². The largest absolute Gasteiger partial charge is 0.298 e. The van der Waals surface area contributed by atoms with E-state index in [9.17, 15) is 4.79 Å². The number of hydrogen-bond donors (Lipinski definition) is 1. The molecule has 0 aliphatic rings. The molecule has 3 nitrogen and oxygen atoms in total. The van der Waals surface area contributed by atoms with Crippen LogP contribution in [0.1, 0.15) is 10.4 Å². The molecular weight excluding hydrogens is 375 g/mol. The lowest BCUT2D eigenvalue weighted by molar-refractivity contribution is 0.102. The van der Waals surface area contributed by atoms with Gasteiger partial charge in [0.1, 0.15) is 0 Å². The Labute approximate surface area is 151 Å². The quantitative estimate of drug-likeness (QED) is 0.600. The molecule has 23 heavy (non-hydrogen) atoms. The number of amides is 1. The van der Waals surface area contributed by atoms with E-state index in [2.05, 4.69) is 10.3 Å². The number of hydrogen-bond acceptors (Lipinski definition) is 3. The average molecular weight is 384 g/mol. The number of nitrogens with zero attached hydrogens (tertiary/aromatic N) is 1. The highest BCUT2D eigenvalue weighted by molar-refractivity contribution is 7.14. The van der Waals surface area contributed by atoms with E-state index >= 15 is 0 Å². The van der Waals surface area contributed by atoms with Crippen LogP contribution < -0.4 is 5.32 Å². The molecule has 1 N–H and O–H groups in total. The zero-order valence-corrected chi connectivity index (χ0v) is 14.6. The minimum atomic E-state index is -0.341. The van der Waals surface area contributed by atoms with Crippen molar-refractivity contribution in [3.05, 3.63) is 68.5 Å². The van der Waals surface area contributed by atoms with Crippen LogP contribution >= 0.6 is 46.1 Å². The Morgan fingerprint density at radius 1 is 1.04 bits per heavy atom. The summed E-state index contributed by atoms with van der Waals surface area (Å²) in [6, 6.07) is 12.1. The number of aromatic nitrogens is 1. The first-order valence-corrected chi connectivity index (χ1v) is 8.53. The fraction of sp³-hybridized carbons (Fsp3) is 0. The molecule has 2 aromatic carbocycles. The second-order valence-corrected chi connectivity index (χ2v) is 6.70. The first-order chi connectivity index (χ1) is 11.0. The third kappa shape index (κ3) is 3.67. The summed E-state index contributed by atoms with van der Waals surface area (Å²) in [6.07, 6.45) is 0. The van der Waals surface area contributed by atoms with E-state index in [-0.39, 0.29) is 10.9 Å². The van der Waals surface area contributed by atoms with Crippen molar-refractivity contribution in [1.82, 2.24) is 4.98 Å². The van der Waals surface area contributed by atoms with E-state index in [1.54, 1.807) is 18.2 Å². The van der Waals surface area contributed by atoms with Crippen LogP contribution in [0.2, 0.25) is 15.1 Å². The molecule has 0 saturated heterocycles. The summed E-state index contributed by atoms with van der Waals surface area (Å²) in [7, 11) is 0. The number of thiazole rings is 1. The van der Waals surface area contributed by atoms with Gasteiger partial charge in [0.2, 0.25) is 0 Å². The van der Waals surface area contributed by atoms with Gasteiger partial charge in [-0.25, -0.2) is 4.98 Å². The molecule has 0 fully saturated rings. The third-order valence-electron chi connectivity index (χ3n) is 3.05. The van der Waals surface area contributed by atoms with Crippen LogP contribution in [-0.2, 0) is 0 Å². The zero-order chi connectivity index (χ0) is 16.4. The maximum atomic E-state index is 12.3. The Morgan fingerprint density at radius 2 is 1.83 bits per heavy atom. The van der Waals surface area contributed by atoms with Crippen LogP contribution in [-0.4, -0.2) is 10.9 Å². The zero-order valence-electron chi connectivity index (χ0n) is 11.5. The second-order valence-electron chi connectivity index (χ2n) is 4.60. The summed E-state index contributed by atoms with van der Waals surface area (Å²) in [6.45, 7) is 0. The predicted molar refractivity (Wildman–Crippen MR) is 97.0 cm³/mol. The van der Waals surface area contributed by atoms with Crippen molar-refractivity contribution in [2.24, 2.45) is 0 Å². The monoisotopic (exact) mass is 382 g/mol.